The van der Waals surface area contributed by atoms with Gasteiger partial charge in [-0.05, 0) is 44.9 Å². The summed E-state index contributed by atoms with van der Waals surface area (Å²) in [6.07, 6.45) is 64.6. The summed E-state index contributed by atoms with van der Waals surface area (Å²) in [6.45, 7) is 1.79. The molecule has 0 radical (unpaired) electrons. The lowest BCUT2D eigenvalue weighted by Gasteiger charge is -2.48. The maximum Gasteiger partial charge on any atom is 0.220 e. The van der Waals surface area contributed by atoms with Crippen LogP contribution in [0.15, 0.2) is 36.5 Å². The largest absolute Gasteiger partial charge is 0.394 e. The molecule has 17 atom stereocenters. The minimum Gasteiger partial charge on any atom is -0.394 e. The standard InChI is InChI=1S/C91H171NO18/c1-3-5-7-9-11-13-15-17-19-21-23-25-27-29-31-33-35-36-37-39-41-43-45-47-49-51-53-55-57-59-61-63-65-67-69-79(97)92-74(75(96)68-66-64-62-60-58-56-54-52-50-48-46-44-42-40-38-34-32-30-28-26-24-22-20-18-16-14-12-10-8-6-4-2)73-105-89-85(103)82(100)87(77(71-94)107-89)110-91-86(104)83(101)88(78(72-95)108-91)109-90-84(102)81(99)80(98)76(70-93)106-90/h50,52,58,60,66,68,74-78,80-91,93-96,98-104H,3-49,51,53-57,59,61-65,67,69-73H2,1-2H3,(H,92,97)/b52-50+,60-58+,68-66+. The molecule has 19 heteroatoms. The number of unbranched alkanes of at least 4 members (excludes halogenated alkanes) is 56. The van der Waals surface area contributed by atoms with Crippen molar-refractivity contribution >= 4 is 5.91 Å². The number of hydrogen-bond acceptors (Lipinski definition) is 18. The summed E-state index contributed by atoms with van der Waals surface area (Å²) in [6, 6.07) is -0.997. The highest BCUT2D eigenvalue weighted by Crippen LogP contribution is 2.34. The van der Waals surface area contributed by atoms with Gasteiger partial charge in [-0.15, -0.1) is 0 Å². The lowest BCUT2D eigenvalue weighted by molar-refractivity contribution is -0.379. The SMILES string of the molecule is CCCCCCCCCCCCCCCCCCCCCCC/C=C/CC/C=C/CC/C=C/C(O)C(COC1OC(CO)C(OC2OC(CO)C(OC3OC(CO)C(O)C(O)C3O)C(O)C2O)C(O)C1O)NC(=O)CCCCCCCCCCCCCCCCCCCCCCCCCCCCCCCCCCCC. The first-order valence-electron chi connectivity index (χ1n) is 46.2. The summed E-state index contributed by atoms with van der Waals surface area (Å²) in [4.78, 5) is 13.5. The maximum atomic E-state index is 13.5. The molecule has 19 nitrogen and oxygen atoms in total. The molecule has 0 spiro atoms. The Morgan fingerprint density at radius 2 is 0.582 bits per heavy atom. The minimum atomic E-state index is -1.98. The van der Waals surface area contributed by atoms with Gasteiger partial charge in [0.1, 0.15) is 73.2 Å². The fourth-order valence-corrected chi connectivity index (χ4v) is 15.8. The van der Waals surface area contributed by atoms with Crippen molar-refractivity contribution in [3.8, 4) is 0 Å². The average molecular weight is 1570 g/mol. The van der Waals surface area contributed by atoms with E-state index in [-0.39, 0.29) is 18.9 Å². The first-order chi connectivity index (χ1) is 53.8. The van der Waals surface area contributed by atoms with Crippen molar-refractivity contribution in [1.82, 2.24) is 5.32 Å². The molecule has 0 aromatic heterocycles. The fraction of sp³-hybridized carbons (Fsp3) is 0.923. The fourth-order valence-electron chi connectivity index (χ4n) is 15.8. The van der Waals surface area contributed by atoms with Gasteiger partial charge in [0.05, 0.1) is 38.6 Å². The number of hydrogen-bond donors (Lipinski definition) is 12. The Hall–Kier alpha value is -1.99. The van der Waals surface area contributed by atoms with Crippen LogP contribution in [0.2, 0.25) is 0 Å². The molecule has 3 fully saturated rings. The third kappa shape index (κ3) is 49.3. The van der Waals surface area contributed by atoms with Crippen LogP contribution in [0, 0.1) is 0 Å². The predicted octanol–water partition coefficient (Wildman–Crippen LogP) is 17.8. The summed E-state index contributed by atoms with van der Waals surface area (Å²) in [5, 5.41) is 121. The average Bonchev–Trinajstić information content (AvgIpc) is 0.777. The van der Waals surface area contributed by atoms with Crippen LogP contribution >= 0.6 is 0 Å². The minimum absolute atomic E-state index is 0.237. The van der Waals surface area contributed by atoms with E-state index in [0.29, 0.717) is 12.8 Å². The molecule has 3 heterocycles. The van der Waals surface area contributed by atoms with E-state index in [0.717, 1.165) is 44.9 Å². The van der Waals surface area contributed by atoms with Crippen LogP contribution in [-0.4, -0.2) is 193 Å². The number of ether oxygens (including phenoxy) is 6. The topological polar surface area (TPSA) is 307 Å². The summed E-state index contributed by atoms with van der Waals surface area (Å²) in [5.74, 6) is -0.281. The van der Waals surface area contributed by atoms with E-state index in [2.05, 4.69) is 43.5 Å². The summed E-state index contributed by atoms with van der Waals surface area (Å²) in [7, 11) is 0. The highest BCUT2D eigenvalue weighted by atomic mass is 16.8. The van der Waals surface area contributed by atoms with Crippen molar-refractivity contribution in [2.24, 2.45) is 0 Å². The zero-order chi connectivity index (χ0) is 79.5. The van der Waals surface area contributed by atoms with Crippen molar-refractivity contribution in [2.45, 2.75) is 510 Å². The van der Waals surface area contributed by atoms with Gasteiger partial charge < -0.3 is 89.9 Å². The molecule has 3 saturated heterocycles. The molecule has 3 rings (SSSR count). The smallest absolute Gasteiger partial charge is 0.220 e. The maximum absolute atomic E-state index is 13.5. The second-order valence-corrected chi connectivity index (χ2v) is 33.1. The lowest BCUT2D eigenvalue weighted by Crippen LogP contribution is -2.66. The van der Waals surface area contributed by atoms with Gasteiger partial charge in [0, 0.05) is 6.42 Å². The second kappa shape index (κ2) is 71.1. The predicted molar refractivity (Wildman–Crippen MR) is 443 cm³/mol. The molecule has 648 valence electrons. The van der Waals surface area contributed by atoms with Gasteiger partial charge in [-0.1, -0.05) is 391 Å². The van der Waals surface area contributed by atoms with Gasteiger partial charge in [0.15, 0.2) is 18.9 Å². The van der Waals surface area contributed by atoms with E-state index < -0.39 is 124 Å². The molecule has 0 aliphatic carbocycles. The Morgan fingerprint density at radius 3 is 0.909 bits per heavy atom. The molecule has 1 amide bonds. The van der Waals surface area contributed by atoms with E-state index in [4.69, 9.17) is 28.4 Å². The summed E-state index contributed by atoms with van der Waals surface area (Å²) >= 11 is 0. The van der Waals surface area contributed by atoms with E-state index in [9.17, 15) is 61.0 Å². The third-order valence-corrected chi connectivity index (χ3v) is 23.2. The molecule has 0 aromatic carbocycles. The molecule has 12 N–H and O–H groups in total. The third-order valence-electron chi connectivity index (χ3n) is 23.2. The number of carbonyl (C=O) groups is 1. The lowest BCUT2D eigenvalue weighted by atomic mass is 9.96. The normalized spacial score (nSPS) is 25.3. The Labute approximate surface area is 670 Å². The molecule has 110 heavy (non-hydrogen) atoms. The van der Waals surface area contributed by atoms with E-state index in [1.54, 1.807) is 6.08 Å². The number of allylic oxidation sites excluding steroid dienone is 5. The first kappa shape index (κ1) is 102. The number of carbonyl (C=O) groups excluding carboxylic acids is 1. The van der Waals surface area contributed by atoms with Gasteiger partial charge in [-0.25, -0.2) is 0 Å². The van der Waals surface area contributed by atoms with Crippen LogP contribution in [0.5, 0.6) is 0 Å². The van der Waals surface area contributed by atoms with Crippen molar-refractivity contribution in [3.63, 3.8) is 0 Å². The van der Waals surface area contributed by atoms with Crippen LogP contribution in [0.1, 0.15) is 406 Å². The van der Waals surface area contributed by atoms with E-state index in [1.165, 1.54) is 327 Å². The number of rotatable bonds is 76. The van der Waals surface area contributed by atoms with Gasteiger partial charge in [-0.3, -0.25) is 4.79 Å². The summed E-state index contributed by atoms with van der Waals surface area (Å²) < 4.78 is 34.5. The number of aliphatic hydroxyl groups is 11. The van der Waals surface area contributed by atoms with Gasteiger partial charge >= 0.3 is 0 Å². The Morgan fingerprint density at radius 1 is 0.318 bits per heavy atom. The second-order valence-electron chi connectivity index (χ2n) is 33.1. The molecule has 0 bridgehead atoms. The van der Waals surface area contributed by atoms with E-state index in [1.807, 2.05) is 6.08 Å². The molecular weight excluding hydrogens is 1390 g/mol. The monoisotopic (exact) mass is 1570 g/mol. The number of aliphatic hydroxyl groups excluding tert-OH is 11. The van der Waals surface area contributed by atoms with Crippen LogP contribution in [-0.2, 0) is 33.2 Å². The Balaban J connectivity index is 1.33. The zero-order valence-corrected chi connectivity index (χ0v) is 70.0. The van der Waals surface area contributed by atoms with Crippen molar-refractivity contribution in [1.29, 1.82) is 0 Å². The van der Waals surface area contributed by atoms with Crippen LogP contribution in [0.3, 0.4) is 0 Å². The molecule has 3 aliphatic heterocycles. The van der Waals surface area contributed by atoms with Crippen LogP contribution in [0.4, 0.5) is 0 Å². The van der Waals surface area contributed by atoms with Crippen LogP contribution in [0.25, 0.3) is 0 Å². The van der Waals surface area contributed by atoms with Crippen LogP contribution < -0.4 is 5.32 Å². The molecule has 0 saturated carbocycles. The van der Waals surface area contributed by atoms with Crippen molar-refractivity contribution in [2.75, 3.05) is 26.4 Å². The van der Waals surface area contributed by atoms with Gasteiger partial charge in [0.25, 0.3) is 0 Å². The van der Waals surface area contributed by atoms with E-state index >= 15 is 0 Å². The molecule has 0 aromatic rings. The summed E-state index contributed by atoms with van der Waals surface area (Å²) in [5.41, 5.74) is 0. The van der Waals surface area contributed by atoms with Crippen molar-refractivity contribution in [3.05, 3.63) is 36.5 Å². The molecule has 17 unspecified atom stereocenters. The van der Waals surface area contributed by atoms with Crippen molar-refractivity contribution < 1.29 is 89.4 Å². The number of nitrogens with one attached hydrogen (secondary N) is 1. The molecular formula is C91H171NO18. The Kier molecular flexibility index (Phi) is 66.1. The van der Waals surface area contributed by atoms with Gasteiger partial charge in [-0.2, -0.15) is 0 Å². The first-order valence-corrected chi connectivity index (χ1v) is 46.2. The highest BCUT2D eigenvalue weighted by Gasteiger charge is 2.54. The quantitative estimate of drug-likeness (QED) is 0.0199. The molecule has 3 aliphatic rings. The van der Waals surface area contributed by atoms with Gasteiger partial charge in [0.2, 0.25) is 5.91 Å². The Bertz CT molecular complexity index is 2120. The number of amides is 1. The zero-order valence-electron chi connectivity index (χ0n) is 70.0. The highest BCUT2D eigenvalue weighted by molar-refractivity contribution is 5.76.